The van der Waals surface area contributed by atoms with E-state index in [2.05, 4.69) is 16.0 Å². The highest BCUT2D eigenvalue weighted by atomic mass is 16.5. The molecule has 0 spiro atoms. The minimum atomic E-state index is -0.571. The van der Waals surface area contributed by atoms with E-state index < -0.39 is 12.1 Å². The third-order valence-electron chi connectivity index (χ3n) is 3.79. The van der Waals surface area contributed by atoms with Crippen LogP contribution in [0.2, 0.25) is 0 Å². The minimum Gasteiger partial charge on any atom is -0.497 e. The molecule has 0 radical (unpaired) electrons. The Hall–Kier alpha value is -2.24. The first-order valence-electron chi connectivity index (χ1n) is 7.60. The van der Waals surface area contributed by atoms with Gasteiger partial charge in [-0.1, -0.05) is 12.8 Å². The first kappa shape index (κ1) is 16.1. The number of methoxy groups -OCH3 is 1. The summed E-state index contributed by atoms with van der Waals surface area (Å²) in [6, 6.07) is 6.26. The number of nitrogens with one attached hydrogen (secondary N) is 3. The number of amides is 3. The Kier molecular flexibility index (Phi) is 5.63. The normalized spacial score (nSPS) is 15.9. The molecule has 1 aromatic rings. The molecular formula is C16H23N3O3. The van der Waals surface area contributed by atoms with Crippen LogP contribution in [0.1, 0.15) is 32.6 Å². The van der Waals surface area contributed by atoms with Gasteiger partial charge in [0.25, 0.3) is 0 Å². The lowest BCUT2D eigenvalue weighted by Gasteiger charge is -2.18. The Balaban J connectivity index is 1.78. The summed E-state index contributed by atoms with van der Waals surface area (Å²) < 4.78 is 5.05. The number of rotatable bonds is 5. The average molecular weight is 305 g/mol. The van der Waals surface area contributed by atoms with Crippen molar-refractivity contribution in [3.8, 4) is 5.75 Å². The molecule has 22 heavy (non-hydrogen) atoms. The van der Waals surface area contributed by atoms with Gasteiger partial charge in [0.05, 0.1) is 7.11 Å². The Morgan fingerprint density at radius 3 is 2.41 bits per heavy atom. The highest BCUT2D eigenvalue weighted by Crippen LogP contribution is 2.17. The Bertz CT molecular complexity index is 510. The minimum absolute atomic E-state index is 0.142. The van der Waals surface area contributed by atoms with Gasteiger partial charge in [-0.25, -0.2) is 4.79 Å². The number of benzene rings is 1. The van der Waals surface area contributed by atoms with Gasteiger partial charge in [0.2, 0.25) is 5.91 Å². The van der Waals surface area contributed by atoms with Gasteiger partial charge in [-0.2, -0.15) is 0 Å². The maximum Gasteiger partial charge on any atom is 0.319 e. The van der Waals surface area contributed by atoms with Gasteiger partial charge in [0.15, 0.2) is 0 Å². The molecule has 1 aliphatic carbocycles. The molecule has 1 atom stereocenters. The van der Waals surface area contributed by atoms with E-state index in [4.69, 9.17) is 4.74 Å². The van der Waals surface area contributed by atoms with Crippen molar-refractivity contribution in [2.75, 3.05) is 12.4 Å². The number of ether oxygens (including phenoxy) is 1. The van der Waals surface area contributed by atoms with Crippen molar-refractivity contribution < 1.29 is 14.3 Å². The van der Waals surface area contributed by atoms with E-state index in [1.54, 1.807) is 38.3 Å². The van der Waals surface area contributed by atoms with Gasteiger partial charge in [0.1, 0.15) is 11.8 Å². The first-order valence-corrected chi connectivity index (χ1v) is 7.60. The van der Waals surface area contributed by atoms with Crippen LogP contribution in [0.15, 0.2) is 24.3 Å². The van der Waals surface area contributed by atoms with E-state index in [0.717, 1.165) is 31.4 Å². The molecule has 0 unspecified atom stereocenters. The van der Waals surface area contributed by atoms with Gasteiger partial charge in [-0.05, 0) is 44.0 Å². The van der Waals surface area contributed by atoms with Crippen LogP contribution in [0.4, 0.5) is 10.5 Å². The Labute approximate surface area is 130 Å². The summed E-state index contributed by atoms with van der Waals surface area (Å²) in [5.41, 5.74) is 0.640. The lowest BCUT2D eigenvalue weighted by atomic mass is 10.2. The number of hydrogen-bond acceptors (Lipinski definition) is 3. The van der Waals surface area contributed by atoms with Crippen LogP contribution in [-0.4, -0.2) is 31.1 Å². The largest absolute Gasteiger partial charge is 0.497 e. The fraction of sp³-hybridized carbons (Fsp3) is 0.500. The van der Waals surface area contributed by atoms with Crippen LogP contribution < -0.4 is 20.7 Å². The van der Waals surface area contributed by atoms with Crippen LogP contribution in [0.5, 0.6) is 5.75 Å². The van der Waals surface area contributed by atoms with Crippen LogP contribution >= 0.6 is 0 Å². The second-order valence-corrected chi connectivity index (χ2v) is 5.54. The topological polar surface area (TPSA) is 79.5 Å². The van der Waals surface area contributed by atoms with E-state index in [1.165, 1.54) is 0 Å². The van der Waals surface area contributed by atoms with Gasteiger partial charge >= 0.3 is 6.03 Å². The Morgan fingerprint density at radius 1 is 1.18 bits per heavy atom. The molecule has 1 saturated carbocycles. The Morgan fingerprint density at radius 2 is 1.82 bits per heavy atom. The molecule has 1 aromatic carbocycles. The van der Waals surface area contributed by atoms with Gasteiger partial charge in [0, 0.05) is 11.7 Å². The third-order valence-corrected chi connectivity index (χ3v) is 3.79. The fourth-order valence-corrected chi connectivity index (χ4v) is 2.50. The molecule has 120 valence electrons. The van der Waals surface area contributed by atoms with E-state index in [1.807, 2.05) is 0 Å². The number of urea groups is 1. The number of anilines is 1. The second-order valence-electron chi connectivity index (χ2n) is 5.54. The predicted molar refractivity (Wildman–Crippen MR) is 85.0 cm³/mol. The summed E-state index contributed by atoms with van der Waals surface area (Å²) in [6.07, 6.45) is 4.36. The number of carbonyl (C=O) groups is 2. The van der Waals surface area contributed by atoms with E-state index >= 15 is 0 Å². The van der Waals surface area contributed by atoms with E-state index in [-0.39, 0.29) is 11.9 Å². The SMILES string of the molecule is COc1ccc(NC(=O)N[C@@H](C)C(=O)NC2CCCC2)cc1. The van der Waals surface area contributed by atoms with Crippen LogP contribution in [0, 0.1) is 0 Å². The molecule has 3 amide bonds. The lowest BCUT2D eigenvalue weighted by Crippen LogP contribution is -2.48. The summed E-state index contributed by atoms with van der Waals surface area (Å²) >= 11 is 0. The van der Waals surface area contributed by atoms with E-state index in [9.17, 15) is 9.59 Å². The zero-order valence-corrected chi connectivity index (χ0v) is 13.0. The number of carbonyl (C=O) groups excluding carboxylic acids is 2. The highest BCUT2D eigenvalue weighted by molar-refractivity contribution is 5.93. The zero-order valence-electron chi connectivity index (χ0n) is 13.0. The molecule has 6 nitrogen and oxygen atoms in total. The summed E-state index contributed by atoms with van der Waals surface area (Å²) in [6.45, 7) is 1.68. The molecule has 1 fully saturated rings. The van der Waals surface area contributed by atoms with Crippen molar-refractivity contribution in [2.24, 2.45) is 0 Å². The van der Waals surface area contributed by atoms with Gasteiger partial charge in [-0.15, -0.1) is 0 Å². The molecule has 0 heterocycles. The summed E-state index contributed by atoms with van der Waals surface area (Å²) in [7, 11) is 1.58. The molecule has 0 bridgehead atoms. The lowest BCUT2D eigenvalue weighted by molar-refractivity contribution is -0.123. The summed E-state index contributed by atoms with van der Waals surface area (Å²) in [5, 5.41) is 8.29. The molecule has 0 saturated heterocycles. The van der Waals surface area contributed by atoms with Crippen LogP contribution in [0.25, 0.3) is 0 Å². The zero-order chi connectivity index (χ0) is 15.9. The van der Waals surface area contributed by atoms with Crippen molar-refractivity contribution in [1.29, 1.82) is 0 Å². The molecule has 6 heteroatoms. The highest BCUT2D eigenvalue weighted by Gasteiger charge is 2.21. The quantitative estimate of drug-likeness (QED) is 0.780. The fourth-order valence-electron chi connectivity index (χ4n) is 2.50. The predicted octanol–water partition coefficient (Wildman–Crippen LogP) is 2.26. The average Bonchev–Trinajstić information content (AvgIpc) is 3.00. The van der Waals surface area contributed by atoms with Crippen molar-refractivity contribution in [2.45, 2.75) is 44.7 Å². The molecular weight excluding hydrogens is 282 g/mol. The van der Waals surface area contributed by atoms with Gasteiger partial charge in [-0.3, -0.25) is 4.79 Å². The summed E-state index contributed by atoms with van der Waals surface area (Å²) in [4.78, 5) is 23.9. The maximum absolute atomic E-state index is 12.0. The van der Waals surface area contributed by atoms with Crippen molar-refractivity contribution in [3.63, 3.8) is 0 Å². The first-order chi connectivity index (χ1) is 10.6. The molecule has 3 N–H and O–H groups in total. The maximum atomic E-state index is 12.0. The molecule has 2 rings (SSSR count). The monoisotopic (exact) mass is 305 g/mol. The van der Waals surface area contributed by atoms with Crippen molar-refractivity contribution >= 4 is 17.6 Å². The van der Waals surface area contributed by atoms with Gasteiger partial charge < -0.3 is 20.7 Å². The van der Waals surface area contributed by atoms with Crippen LogP contribution in [-0.2, 0) is 4.79 Å². The standard InChI is InChI=1S/C16H23N3O3/c1-11(15(20)18-12-5-3-4-6-12)17-16(21)19-13-7-9-14(22-2)10-8-13/h7-12H,3-6H2,1-2H3,(H,18,20)(H2,17,19,21)/t11-/m0/s1. The van der Waals surface area contributed by atoms with Crippen LogP contribution in [0.3, 0.4) is 0 Å². The molecule has 0 aromatic heterocycles. The molecule has 1 aliphatic rings. The van der Waals surface area contributed by atoms with Crippen molar-refractivity contribution in [1.82, 2.24) is 10.6 Å². The van der Waals surface area contributed by atoms with Crippen molar-refractivity contribution in [3.05, 3.63) is 24.3 Å². The summed E-state index contributed by atoms with van der Waals surface area (Å²) in [5.74, 6) is 0.576. The molecule has 0 aliphatic heterocycles. The second kappa shape index (κ2) is 7.68. The van der Waals surface area contributed by atoms with E-state index in [0.29, 0.717) is 5.69 Å². The third kappa shape index (κ3) is 4.65. The smallest absolute Gasteiger partial charge is 0.319 e. The number of hydrogen-bond donors (Lipinski definition) is 3.